The van der Waals surface area contributed by atoms with E-state index >= 15 is 0 Å². The second-order valence-corrected chi connectivity index (χ2v) is 9.06. The molecule has 0 radical (unpaired) electrons. The number of anilines is 2. The normalized spacial score (nSPS) is 11.3. The molecule has 1 aliphatic heterocycles. The highest BCUT2D eigenvalue weighted by Gasteiger charge is 2.21. The summed E-state index contributed by atoms with van der Waals surface area (Å²) in [6.45, 7) is 18.5. The largest absolute Gasteiger partial charge is 0.507 e. The first-order valence-corrected chi connectivity index (χ1v) is 13.4. The Labute approximate surface area is 215 Å². The first-order valence-electron chi connectivity index (χ1n) is 13.4. The number of hydrogen-bond donors (Lipinski definition) is 1. The first-order chi connectivity index (χ1) is 17.5. The molecule has 4 rings (SSSR count). The number of benzene rings is 3. The van der Waals surface area contributed by atoms with Crippen molar-refractivity contribution in [1.29, 1.82) is 0 Å². The maximum Gasteiger partial charge on any atom is 0.203 e. The molecule has 0 amide bonds. The molecule has 1 heterocycles. The molecule has 0 atom stereocenters. The van der Waals surface area contributed by atoms with Crippen molar-refractivity contribution in [3.05, 3.63) is 60.0 Å². The fraction of sp³-hybridized carbons (Fsp3) is 0.387. The van der Waals surface area contributed by atoms with E-state index < -0.39 is 0 Å². The van der Waals surface area contributed by atoms with E-state index in [-0.39, 0.29) is 5.75 Å². The summed E-state index contributed by atoms with van der Waals surface area (Å²) in [5, 5.41) is 13.4. The highest BCUT2D eigenvalue weighted by molar-refractivity contribution is 6.04. The molecule has 0 unspecified atom stereocenters. The second kappa shape index (κ2) is 11.1. The predicted octanol–water partition coefficient (Wildman–Crippen LogP) is 6.41. The Morgan fingerprint density at radius 3 is 1.86 bits per heavy atom. The highest BCUT2D eigenvalue weighted by Crippen LogP contribution is 2.44. The summed E-state index contributed by atoms with van der Waals surface area (Å²) < 4.78 is 8.88. The van der Waals surface area contributed by atoms with Gasteiger partial charge in [0.2, 0.25) is 5.36 Å². The molecule has 190 valence electrons. The van der Waals surface area contributed by atoms with E-state index in [1.807, 2.05) is 12.1 Å². The lowest BCUT2D eigenvalue weighted by Gasteiger charge is -2.23. The van der Waals surface area contributed by atoms with Crippen molar-refractivity contribution in [2.24, 2.45) is 0 Å². The van der Waals surface area contributed by atoms with Crippen LogP contribution in [0, 0.1) is 0 Å². The second-order valence-electron chi connectivity index (χ2n) is 9.06. The van der Waals surface area contributed by atoms with Crippen molar-refractivity contribution in [2.75, 3.05) is 49.1 Å². The average Bonchev–Trinajstić information content (AvgIpc) is 2.90. The van der Waals surface area contributed by atoms with E-state index in [9.17, 15) is 5.11 Å². The van der Waals surface area contributed by atoms with Crippen LogP contribution in [0.4, 0.5) is 11.4 Å². The van der Waals surface area contributed by atoms with Crippen LogP contribution >= 0.6 is 0 Å². The summed E-state index contributed by atoms with van der Waals surface area (Å²) in [7, 11) is 0. The van der Waals surface area contributed by atoms with Gasteiger partial charge >= 0.3 is 0 Å². The van der Waals surface area contributed by atoms with Crippen LogP contribution in [-0.4, -0.2) is 44.4 Å². The van der Waals surface area contributed by atoms with Gasteiger partial charge in [-0.15, -0.1) is 0 Å². The van der Waals surface area contributed by atoms with Gasteiger partial charge in [0, 0.05) is 77.8 Å². The Morgan fingerprint density at radius 1 is 0.694 bits per heavy atom. The third kappa shape index (κ3) is 4.67. The van der Waals surface area contributed by atoms with Gasteiger partial charge in [0.25, 0.3) is 0 Å². The van der Waals surface area contributed by atoms with Crippen LogP contribution in [0.15, 0.2) is 59.0 Å². The lowest BCUT2D eigenvalue weighted by atomic mass is 9.92. The summed E-state index contributed by atoms with van der Waals surface area (Å²) in [6, 6.07) is 18.9. The molecule has 0 fully saturated rings. The molecule has 36 heavy (non-hydrogen) atoms. The molecule has 5 nitrogen and oxygen atoms in total. The fourth-order valence-electron chi connectivity index (χ4n) is 5.25. The van der Waals surface area contributed by atoms with Gasteiger partial charge in [-0.1, -0.05) is 0 Å². The smallest absolute Gasteiger partial charge is 0.203 e. The van der Waals surface area contributed by atoms with Crippen molar-refractivity contribution >= 4 is 22.3 Å². The molecular formula is C31H40N3O2+. The van der Waals surface area contributed by atoms with E-state index in [4.69, 9.17) is 4.42 Å². The van der Waals surface area contributed by atoms with Crippen LogP contribution in [0.2, 0.25) is 0 Å². The Balaban J connectivity index is 2.04. The molecule has 5 heteroatoms. The van der Waals surface area contributed by atoms with Crippen molar-refractivity contribution in [1.82, 2.24) is 4.58 Å². The zero-order chi connectivity index (χ0) is 25.8. The molecule has 1 N–H and O–H groups in total. The Hall–Kier alpha value is -3.47. The first kappa shape index (κ1) is 25.6. The molecule has 0 saturated heterocycles. The number of nitrogens with zero attached hydrogens (tertiary/aromatic N) is 3. The third-order valence-electron chi connectivity index (χ3n) is 7.33. The lowest BCUT2D eigenvalue weighted by Crippen LogP contribution is -2.29. The molecule has 0 aromatic heterocycles. The quantitative estimate of drug-likeness (QED) is 0.219. The molecular weight excluding hydrogens is 446 g/mol. The number of rotatable bonds is 9. The number of hydrogen-bond acceptors (Lipinski definition) is 4. The van der Waals surface area contributed by atoms with E-state index in [0.29, 0.717) is 0 Å². The molecule has 2 aromatic carbocycles. The number of fused-ring (bicyclic) bond motifs is 2. The van der Waals surface area contributed by atoms with Gasteiger partial charge in [0.15, 0.2) is 0 Å². The fourth-order valence-corrected chi connectivity index (χ4v) is 5.25. The van der Waals surface area contributed by atoms with E-state index in [1.165, 1.54) is 0 Å². The number of aromatic hydroxyl groups is 1. The monoisotopic (exact) mass is 486 g/mol. The zero-order valence-corrected chi connectivity index (χ0v) is 22.6. The maximum atomic E-state index is 11.3. The SMILES string of the molecule is CCN(CC)c1ccc(-c2c3ccc(=[N+](CC)CC)cc-3oc3cc(N(CC)CC)ccc23)c(O)c1. The summed E-state index contributed by atoms with van der Waals surface area (Å²) in [5.41, 5.74) is 5.83. The van der Waals surface area contributed by atoms with Gasteiger partial charge in [-0.25, -0.2) is 4.58 Å². The molecule has 0 spiro atoms. The van der Waals surface area contributed by atoms with E-state index in [1.54, 1.807) is 0 Å². The molecule has 2 aliphatic rings. The van der Waals surface area contributed by atoms with Crippen molar-refractivity contribution in [2.45, 2.75) is 41.5 Å². The van der Waals surface area contributed by atoms with Crippen LogP contribution in [0.25, 0.3) is 33.4 Å². The van der Waals surface area contributed by atoms with Gasteiger partial charge in [0.1, 0.15) is 30.2 Å². The van der Waals surface area contributed by atoms with Crippen molar-refractivity contribution < 1.29 is 9.52 Å². The van der Waals surface area contributed by atoms with Crippen LogP contribution in [-0.2, 0) is 0 Å². The van der Waals surface area contributed by atoms with E-state index in [2.05, 4.69) is 98.4 Å². The van der Waals surface area contributed by atoms with Gasteiger partial charge in [-0.3, -0.25) is 0 Å². The summed E-state index contributed by atoms with van der Waals surface area (Å²) in [4.78, 5) is 4.56. The topological polar surface area (TPSA) is 42.9 Å². The zero-order valence-electron chi connectivity index (χ0n) is 22.6. The van der Waals surface area contributed by atoms with Crippen LogP contribution < -0.4 is 19.7 Å². The summed E-state index contributed by atoms with van der Waals surface area (Å²) in [5.74, 6) is 1.11. The van der Waals surface area contributed by atoms with Crippen molar-refractivity contribution in [3.8, 4) is 28.2 Å². The molecule has 0 bridgehead atoms. The van der Waals surface area contributed by atoms with Crippen molar-refractivity contribution in [3.63, 3.8) is 0 Å². The molecule has 0 saturated carbocycles. The van der Waals surface area contributed by atoms with Gasteiger partial charge in [-0.05, 0) is 71.9 Å². The minimum absolute atomic E-state index is 0.286. The van der Waals surface area contributed by atoms with E-state index in [0.717, 1.165) is 89.4 Å². The van der Waals surface area contributed by atoms with Gasteiger partial charge in [0.05, 0.1) is 6.07 Å². The third-order valence-corrected chi connectivity index (χ3v) is 7.33. The summed E-state index contributed by atoms with van der Waals surface area (Å²) >= 11 is 0. The standard InChI is InChI=1S/C31H39N3O2/c1-7-32(8-2)22-13-16-25(28(35)19-22)31-26-17-14-23(33(9-3)10-4)20-29(26)36-30-21-24(15-18-27(30)31)34(11-5)12-6/h13-21H,7-12H2,1-6H3/p+1. The average molecular weight is 487 g/mol. The minimum atomic E-state index is 0.286. The van der Waals surface area contributed by atoms with Gasteiger partial charge < -0.3 is 19.3 Å². The minimum Gasteiger partial charge on any atom is -0.507 e. The summed E-state index contributed by atoms with van der Waals surface area (Å²) in [6.07, 6.45) is 0. The lowest BCUT2D eigenvalue weighted by molar-refractivity contribution is 0.477. The van der Waals surface area contributed by atoms with Crippen LogP contribution in [0.3, 0.4) is 0 Å². The van der Waals surface area contributed by atoms with Crippen LogP contribution in [0.5, 0.6) is 5.75 Å². The Kier molecular flexibility index (Phi) is 7.88. The Morgan fingerprint density at radius 2 is 1.28 bits per heavy atom. The predicted molar refractivity (Wildman–Crippen MR) is 153 cm³/mol. The van der Waals surface area contributed by atoms with Gasteiger partial charge in [-0.2, -0.15) is 0 Å². The highest BCUT2D eigenvalue weighted by atomic mass is 16.3. The molecule has 2 aromatic rings. The van der Waals surface area contributed by atoms with Crippen LogP contribution in [0.1, 0.15) is 41.5 Å². The number of phenols is 1. The molecule has 1 aliphatic carbocycles. The Bertz CT molecular complexity index is 1370. The number of phenolic OH excluding ortho intramolecular Hbond substituents is 1. The maximum absolute atomic E-state index is 11.3.